The van der Waals surface area contributed by atoms with Crippen LogP contribution in [-0.2, 0) is 34.4 Å². The molecular formula is C38H47ClN6O9S2. The number of anilines is 1. The van der Waals surface area contributed by atoms with E-state index in [0.29, 0.717) is 40.1 Å². The standard InChI is InChI=1S/C38H47ClN6O9S2/c1-7-22-19-38(22,36(48)44-56(51,52)27-14-15-27)45-21-25(54-35-29-17-23(39)9-16-28(29)31(53-6)20-40-35)18-30(45)33(46)43-34(47)32(37(3,4)5)42-24-10-12-26(13-11-24)55(49,50)41-8-2/h7,9-13,16-17,20,22,25,27,30,32,41-42H,1,8,14-15,18-19,21H2,2-6H3,(H,44,48)(H,43,46,47)/t22-,25-,30+,32-,38-/m1/s1. The van der Waals surface area contributed by atoms with Crippen LogP contribution in [0.15, 0.2) is 66.2 Å². The SMILES string of the molecule is C=C[C@@H]1C[C@@]1(C(=O)NS(=O)(=O)C1CC1)N1C[C@H](Oc2ncc(OC)c3ccc(Cl)cc23)C[C@H]1C(=O)NC(=O)[C@@H](Nc1ccc(S(=O)(=O)NCC)cc1)C(C)(C)C. The number of benzene rings is 2. The van der Waals surface area contributed by atoms with Gasteiger partial charge in [0.25, 0.3) is 5.91 Å². The Bertz CT molecular complexity index is 2260. The van der Waals surface area contributed by atoms with Crippen molar-refractivity contribution >= 4 is 65.8 Å². The summed E-state index contributed by atoms with van der Waals surface area (Å²) in [5, 5.41) is 6.69. The number of sulfonamides is 2. The summed E-state index contributed by atoms with van der Waals surface area (Å²) in [4.78, 5) is 48.5. The molecule has 4 N–H and O–H groups in total. The molecule has 1 saturated heterocycles. The minimum Gasteiger partial charge on any atom is -0.494 e. The third kappa shape index (κ3) is 8.37. The van der Waals surface area contributed by atoms with E-state index in [9.17, 15) is 31.2 Å². The third-order valence-electron chi connectivity index (χ3n) is 10.4. The lowest BCUT2D eigenvalue weighted by Gasteiger charge is -2.34. The summed E-state index contributed by atoms with van der Waals surface area (Å²) in [6, 6.07) is 8.94. The number of likely N-dealkylation sites (tertiary alicyclic amines) is 1. The largest absolute Gasteiger partial charge is 0.494 e. The van der Waals surface area contributed by atoms with Crippen molar-refractivity contribution in [2.45, 2.75) is 87.3 Å². The molecule has 6 rings (SSSR count). The van der Waals surface area contributed by atoms with Crippen molar-refractivity contribution in [3.8, 4) is 11.6 Å². The maximum atomic E-state index is 14.3. The molecule has 0 spiro atoms. The first kappa shape index (κ1) is 41.3. The van der Waals surface area contributed by atoms with Crippen molar-refractivity contribution in [3.05, 3.63) is 66.3 Å². The topological polar surface area (TPSA) is 202 Å². The number of rotatable bonds is 15. The number of nitrogens with zero attached hydrogens (tertiary/aromatic N) is 2. The molecule has 3 aromatic rings. The molecule has 0 bridgehead atoms. The number of ether oxygens (including phenoxy) is 2. The maximum absolute atomic E-state index is 14.3. The Balaban J connectivity index is 1.29. The monoisotopic (exact) mass is 830 g/mol. The number of hydrogen-bond acceptors (Lipinski definition) is 12. The fourth-order valence-electron chi connectivity index (χ4n) is 7.23. The Labute approximate surface area is 332 Å². The van der Waals surface area contributed by atoms with Crippen molar-refractivity contribution in [1.82, 2.24) is 24.6 Å². The Morgan fingerprint density at radius 1 is 1.09 bits per heavy atom. The number of carbonyl (C=O) groups is 3. The first-order valence-electron chi connectivity index (χ1n) is 18.3. The summed E-state index contributed by atoms with van der Waals surface area (Å²) in [6.45, 7) is 11.2. The van der Waals surface area contributed by atoms with Crippen molar-refractivity contribution in [1.29, 1.82) is 0 Å². The molecule has 2 heterocycles. The number of pyridine rings is 1. The number of halogens is 1. The zero-order valence-corrected chi connectivity index (χ0v) is 34.2. The summed E-state index contributed by atoms with van der Waals surface area (Å²) >= 11 is 6.35. The minimum atomic E-state index is -3.94. The van der Waals surface area contributed by atoms with Gasteiger partial charge in [-0.3, -0.25) is 29.3 Å². The Hall–Kier alpha value is -4.29. The molecule has 3 amide bonds. The molecule has 56 heavy (non-hydrogen) atoms. The Morgan fingerprint density at radius 3 is 2.38 bits per heavy atom. The zero-order valence-electron chi connectivity index (χ0n) is 31.8. The average molecular weight is 831 g/mol. The lowest BCUT2D eigenvalue weighted by atomic mass is 9.85. The Kier molecular flexibility index (Phi) is 11.5. The lowest BCUT2D eigenvalue weighted by molar-refractivity contribution is -0.136. The van der Waals surface area contributed by atoms with Crippen LogP contribution in [0, 0.1) is 11.3 Å². The van der Waals surface area contributed by atoms with E-state index in [1.807, 2.05) is 0 Å². The van der Waals surface area contributed by atoms with Gasteiger partial charge in [0.2, 0.25) is 37.7 Å². The number of carbonyl (C=O) groups excluding carboxylic acids is 3. The summed E-state index contributed by atoms with van der Waals surface area (Å²) in [7, 11) is -6.13. The van der Waals surface area contributed by atoms with Gasteiger partial charge in [0.15, 0.2) is 0 Å². The zero-order chi connectivity index (χ0) is 40.8. The van der Waals surface area contributed by atoms with E-state index in [1.165, 1.54) is 37.6 Å². The van der Waals surface area contributed by atoms with E-state index in [1.54, 1.807) is 56.9 Å². The smallest absolute Gasteiger partial charge is 0.254 e. The van der Waals surface area contributed by atoms with Gasteiger partial charge in [0.05, 0.1) is 29.5 Å². The second kappa shape index (κ2) is 15.6. The summed E-state index contributed by atoms with van der Waals surface area (Å²) < 4.78 is 67.5. The van der Waals surface area contributed by atoms with E-state index >= 15 is 0 Å². The van der Waals surface area contributed by atoms with E-state index < -0.39 is 78.1 Å². The van der Waals surface area contributed by atoms with Gasteiger partial charge in [-0.1, -0.05) is 45.4 Å². The minimum absolute atomic E-state index is 0.00633. The van der Waals surface area contributed by atoms with Crippen molar-refractivity contribution in [3.63, 3.8) is 0 Å². The van der Waals surface area contributed by atoms with Crippen LogP contribution in [0.5, 0.6) is 11.6 Å². The number of nitrogens with one attached hydrogen (secondary N) is 4. The van der Waals surface area contributed by atoms with E-state index in [0.717, 1.165) is 0 Å². The van der Waals surface area contributed by atoms with Crippen molar-refractivity contribution in [2.75, 3.05) is 25.5 Å². The van der Waals surface area contributed by atoms with Gasteiger partial charge in [-0.05, 0) is 67.1 Å². The molecule has 1 aromatic heterocycles. The van der Waals surface area contributed by atoms with Gasteiger partial charge in [-0.15, -0.1) is 6.58 Å². The van der Waals surface area contributed by atoms with Gasteiger partial charge < -0.3 is 14.8 Å². The predicted octanol–water partition coefficient (Wildman–Crippen LogP) is 3.74. The average Bonchev–Trinajstić information content (AvgIpc) is 4.07. The molecule has 5 atom stereocenters. The van der Waals surface area contributed by atoms with Crippen LogP contribution in [0.1, 0.15) is 53.4 Å². The van der Waals surface area contributed by atoms with Gasteiger partial charge in [-0.2, -0.15) is 0 Å². The first-order chi connectivity index (χ1) is 26.3. The highest BCUT2D eigenvalue weighted by atomic mass is 35.5. The molecule has 3 aliphatic rings. The van der Waals surface area contributed by atoms with E-state index in [2.05, 4.69) is 31.6 Å². The van der Waals surface area contributed by atoms with Gasteiger partial charge in [0, 0.05) is 46.9 Å². The Morgan fingerprint density at radius 2 is 1.79 bits per heavy atom. The number of methoxy groups -OCH3 is 1. The highest BCUT2D eigenvalue weighted by molar-refractivity contribution is 7.91. The van der Waals surface area contributed by atoms with Crippen LogP contribution in [-0.4, -0.2) is 93.6 Å². The van der Waals surface area contributed by atoms with Crippen LogP contribution in [0.2, 0.25) is 5.02 Å². The molecule has 0 unspecified atom stereocenters. The first-order valence-corrected chi connectivity index (χ1v) is 21.7. The van der Waals surface area contributed by atoms with E-state index in [4.69, 9.17) is 21.1 Å². The highest BCUT2D eigenvalue weighted by Gasteiger charge is 2.67. The third-order valence-corrected chi connectivity index (χ3v) is 14.0. The summed E-state index contributed by atoms with van der Waals surface area (Å²) in [6.07, 6.45) is 3.42. The van der Waals surface area contributed by atoms with Gasteiger partial charge in [-0.25, -0.2) is 26.5 Å². The number of amides is 3. The van der Waals surface area contributed by atoms with Crippen LogP contribution >= 0.6 is 11.6 Å². The molecule has 3 fully saturated rings. The predicted molar refractivity (Wildman–Crippen MR) is 211 cm³/mol. The number of fused-ring (bicyclic) bond motifs is 1. The molecule has 0 radical (unpaired) electrons. The molecule has 15 nitrogen and oxygen atoms in total. The molecule has 302 valence electrons. The quantitative estimate of drug-likeness (QED) is 0.162. The van der Waals surface area contributed by atoms with Crippen molar-refractivity contribution < 1.29 is 40.7 Å². The summed E-state index contributed by atoms with van der Waals surface area (Å²) in [5.74, 6) is -1.95. The lowest BCUT2D eigenvalue weighted by Crippen LogP contribution is -2.59. The fraction of sp³-hybridized carbons (Fsp3) is 0.474. The molecule has 1 aliphatic heterocycles. The normalized spacial score (nSPS) is 23.2. The van der Waals surface area contributed by atoms with Gasteiger partial charge in [0.1, 0.15) is 23.4 Å². The molecule has 18 heteroatoms. The molecular weight excluding hydrogens is 784 g/mol. The van der Waals surface area contributed by atoms with E-state index in [-0.39, 0.29) is 36.7 Å². The highest BCUT2D eigenvalue weighted by Crippen LogP contribution is 2.53. The molecule has 2 saturated carbocycles. The van der Waals surface area contributed by atoms with Gasteiger partial charge >= 0.3 is 0 Å². The second-order valence-electron chi connectivity index (χ2n) is 15.4. The maximum Gasteiger partial charge on any atom is 0.254 e. The molecule has 2 aromatic carbocycles. The van der Waals surface area contributed by atoms with Crippen LogP contribution < -0.4 is 29.6 Å². The molecule has 2 aliphatic carbocycles. The fourth-order valence-corrected chi connectivity index (χ4v) is 9.80. The summed E-state index contributed by atoms with van der Waals surface area (Å²) in [5.41, 5.74) is -1.76. The van der Waals surface area contributed by atoms with Crippen molar-refractivity contribution in [2.24, 2.45) is 11.3 Å². The van der Waals surface area contributed by atoms with Crippen LogP contribution in [0.4, 0.5) is 5.69 Å². The number of imide groups is 1. The van der Waals surface area contributed by atoms with Crippen LogP contribution in [0.25, 0.3) is 10.8 Å². The number of aromatic nitrogens is 1. The second-order valence-corrected chi connectivity index (χ2v) is 19.6. The number of hydrogen-bond donors (Lipinski definition) is 4. The van der Waals surface area contributed by atoms with Crippen LogP contribution in [0.3, 0.4) is 0 Å².